The molecule has 12 heteroatoms. The summed E-state index contributed by atoms with van der Waals surface area (Å²) in [6, 6.07) is 2.03. The van der Waals surface area contributed by atoms with Crippen molar-refractivity contribution in [3.63, 3.8) is 0 Å². The van der Waals surface area contributed by atoms with Gasteiger partial charge in [-0.2, -0.15) is 0 Å². The molecule has 0 unspecified atom stereocenters. The number of H-pyrrole nitrogens is 2. The number of nitrogens with one attached hydrogen (secondary N) is 2. The van der Waals surface area contributed by atoms with Crippen LogP contribution in [0.2, 0.25) is 0 Å². The number of ether oxygens (including phenoxy) is 1. The second kappa shape index (κ2) is 7.29. The first-order chi connectivity index (χ1) is 12.2. The van der Waals surface area contributed by atoms with Gasteiger partial charge in [0, 0.05) is 11.6 Å². The van der Waals surface area contributed by atoms with Gasteiger partial charge in [0.1, 0.15) is 5.69 Å². The van der Waals surface area contributed by atoms with Gasteiger partial charge in [0.05, 0.1) is 22.5 Å². The highest BCUT2D eigenvalue weighted by molar-refractivity contribution is 5.76. The van der Waals surface area contributed by atoms with Crippen molar-refractivity contribution in [1.29, 1.82) is 0 Å². The number of nitrogens with zero attached hydrogens (tertiary/aromatic N) is 2. The molecule has 3 N–H and O–H groups in total. The SMILES string of the molecule is CCOc1cc([N+](=O)[O-])cc(C=Cc2[nH]c(=O)[nH]c(=O)c2[N+](=O)[O-])c1O. The van der Waals surface area contributed by atoms with E-state index in [1.165, 1.54) is 0 Å². The van der Waals surface area contributed by atoms with Crippen LogP contribution in [0, 0.1) is 20.2 Å². The van der Waals surface area contributed by atoms with Crippen LogP contribution in [0.3, 0.4) is 0 Å². The molecule has 2 rings (SSSR count). The average molecular weight is 364 g/mol. The number of aromatic nitrogens is 2. The number of nitro groups is 2. The molecule has 12 nitrogen and oxygen atoms in total. The van der Waals surface area contributed by atoms with E-state index in [1.807, 2.05) is 0 Å². The third-order valence-electron chi connectivity index (χ3n) is 3.16. The Bertz CT molecular complexity index is 1020. The van der Waals surface area contributed by atoms with Crippen molar-refractivity contribution >= 4 is 23.5 Å². The second-order valence-electron chi connectivity index (χ2n) is 4.83. The molecule has 0 saturated heterocycles. The quantitative estimate of drug-likeness (QED) is 0.504. The van der Waals surface area contributed by atoms with Crippen molar-refractivity contribution in [3.8, 4) is 11.5 Å². The number of benzene rings is 1. The van der Waals surface area contributed by atoms with E-state index in [-0.39, 0.29) is 23.6 Å². The molecule has 1 aromatic carbocycles. The minimum atomic E-state index is -1.21. The molecule has 26 heavy (non-hydrogen) atoms. The van der Waals surface area contributed by atoms with Gasteiger partial charge in [-0.15, -0.1) is 0 Å². The van der Waals surface area contributed by atoms with E-state index < -0.39 is 38.2 Å². The van der Waals surface area contributed by atoms with Crippen LogP contribution in [0.5, 0.6) is 11.5 Å². The smallest absolute Gasteiger partial charge is 0.357 e. The van der Waals surface area contributed by atoms with Gasteiger partial charge in [-0.25, -0.2) is 4.79 Å². The van der Waals surface area contributed by atoms with Crippen LogP contribution >= 0.6 is 0 Å². The third-order valence-corrected chi connectivity index (χ3v) is 3.16. The molecular weight excluding hydrogens is 352 g/mol. The van der Waals surface area contributed by atoms with Crippen LogP contribution < -0.4 is 16.0 Å². The molecule has 1 aromatic heterocycles. The lowest BCUT2D eigenvalue weighted by atomic mass is 10.1. The van der Waals surface area contributed by atoms with Gasteiger partial charge in [0.2, 0.25) is 0 Å². The minimum Gasteiger partial charge on any atom is -0.504 e. The maximum Gasteiger partial charge on any atom is 0.357 e. The van der Waals surface area contributed by atoms with Crippen molar-refractivity contribution < 1.29 is 19.7 Å². The van der Waals surface area contributed by atoms with E-state index in [2.05, 4.69) is 4.98 Å². The molecule has 0 bridgehead atoms. The summed E-state index contributed by atoms with van der Waals surface area (Å²) < 4.78 is 5.11. The van der Waals surface area contributed by atoms with Gasteiger partial charge in [-0.05, 0) is 19.1 Å². The predicted molar refractivity (Wildman–Crippen MR) is 89.2 cm³/mol. The molecular formula is C14H12N4O8. The number of rotatable bonds is 6. The lowest BCUT2D eigenvalue weighted by Crippen LogP contribution is -2.25. The number of phenolic OH excluding ortho intramolecular Hbond substituents is 1. The van der Waals surface area contributed by atoms with Gasteiger partial charge in [0.25, 0.3) is 5.69 Å². The molecule has 0 fully saturated rings. The zero-order chi connectivity index (χ0) is 19.4. The Labute approximate surface area is 143 Å². The summed E-state index contributed by atoms with van der Waals surface area (Å²) in [6.45, 7) is 1.74. The van der Waals surface area contributed by atoms with Crippen LogP contribution in [0.4, 0.5) is 11.4 Å². The van der Waals surface area contributed by atoms with Crippen molar-refractivity contribution in [3.05, 3.63) is 64.5 Å². The number of hydrogen-bond donors (Lipinski definition) is 3. The fraction of sp³-hybridized carbons (Fsp3) is 0.143. The van der Waals surface area contributed by atoms with E-state index in [9.17, 15) is 34.9 Å². The van der Waals surface area contributed by atoms with E-state index in [0.717, 1.165) is 24.3 Å². The average Bonchev–Trinajstić information content (AvgIpc) is 2.54. The summed E-state index contributed by atoms with van der Waals surface area (Å²) in [6.07, 6.45) is 2.05. The number of hydrogen-bond acceptors (Lipinski definition) is 8. The number of phenols is 1. The highest BCUT2D eigenvalue weighted by Crippen LogP contribution is 2.35. The van der Waals surface area contributed by atoms with Crippen molar-refractivity contribution in [2.75, 3.05) is 6.61 Å². The molecule has 2 aromatic rings. The zero-order valence-electron chi connectivity index (χ0n) is 13.2. The Morgan fingerprint density at radius 3 is 2.42 bits per heavy atom. The summed E-state index contributed by atoms with van der Waals surface area (Å²) in [5.41, 5.74) is -4.03. The maximum absolute atomic E-state index is 11.6. The van der Waals surface area contributed by atoms with E-state index in [0.29, 0.717) is 0 Å². The molecule has 0 aliphatic heterocycles. The molecule has 0 atom stereocenters. The first-order valence-corrected chi connectivity index (χ1v) is 7.07. The Kier molecular flexibility index (Phi) is 5.15. The molecule has 1 heterocycles. The van der Waals surface area contributed by atoms with E-state index in [4.69, 9.17) is 4.74 Å². The zero-order valence-corrected chi connectivity index (χ0v) is 13.2. The summed E-state index contributed by atoms with van der Waals surface area (Å²) in [7, 11) is 0. The van der Waals surface area contributed by atoms with Crippen molar-refractivity contribution in [2.24, 2.45) is 0 Å². The Balaban J connectivity index is 2.62. The number of aromatic hydroxyl groups is 1. The van der Waals surface area contributed by atoms with Gasteiger partial charge in [-0.1, -0.05) is 0 Å². The molecule has 0 aliphatic rings. The summed E-state index contributed by atoms with van der Waals surface area (Å²) in [5, 5.41) is 32.1. The van der Waals surface area contributed by atoms with Gasteiger partial charge >= 0.3 is 16.9 Å². The molecule has 0 aliphatic carbocycles. The fourth-order valence-corrected chi connectivity index (χ4v) is 2.08. The highest BCUT2D eigenvalue weighted by atomic mass is 16.6. The van der Waals surface area contributed by atoms with Crippen LogP contribution in [-0.2, 0) is 0 Å². The maximum atomic E-state index is 11.6. The topological polar surface area (TPSA) is 181 Å². The molecule has 0 radical (unpaired) electrons. The molecule has 0 amide bonds. The van der Waals surface area contributed by atoms with Gasteiger partial charge in [-0.3, -0.25) is 30.0 Å². The Morgan fingerprint density at radius 2 is 1.85 bits per heavy atom. The Hall–Kier alpha value is -3.96. The van der Waals surface area contributed by atoms with Crippen LogP contribution in [-0.4, -0.2) is 31.5 Å². The fourth-order valence-electron chi connectivity index (χ4n) is 2.08. The lowest BCUT2D eigenvalue weighted by Gasteiger charge is -2.08. The van der Waals surface area contributed by atoms with Crippen LogP contribution in [0.1, 0.15) is 18.2 Å². The molecule has 136 valence electrons. The molecule has 0 spiro atoms. The third kappa shape index (κ3) is 3.75. The van der Waals surface area contributed by atoms with Crippen molar-refractivity contribution in [1.82, 2.24) is 9.97 Å². The summed E-state index contributed by atoms with van der Waals surface area (Å²) in [5.74, 6) is -0.598. The standard InChI is InChI=1S/C14H12N4O8/c1-2-26-10-6-8(17(22)23)5-7(12(10)19)3-4-9-11(18(24)25)13(20)16-14(21)15-9/h3-6,19H,2H2,1H3,(H2,15,16,20,21). The number of non-ortho nitro benzene ring substituents is 1. The van der Waals surface area contributed by atoms with E-state index in [1.54, 1.807) is 11.9 Å². The van der Waals surface area contributed by atoms with Gasteiger partial charge in [0.15, 0.2) is 11.5 Å². The second-order valence-corrected chi connectivity index (χ2v) is 4.83. The summed E-state index contributed by atoms with van der Waals surface area (Å²) >= 11 is 0. The number of aromatic amines is 2. The highest BCUT2D eigenvalue weighted by Gasteiger charge is 2.20. The first-order valence-electron chi connectivity index (χ1n) is 7.07. The largest absolute Gasteiger partial charge is 0.504 e. The monoisotopic (exact) mass is 364 g/mol. The predicted octanol–water partition coefficient (Wildman–Crippen LogP) is 1.15. The molecule has 0 saturated carbocycles. The van der Waals surface area contributed by atoms with Crippen LogP contribution in [0.25, 0.3) is 12.2 Å². The summed E-state index contributed by atoms with van der Waals surface area (Å²) in [4.78, 5) is 46.9. The Morgan fingerprint density at radius 1 is 1.15 bits per heavy atom. The van der Waals surface area contributed by atoms with Crippen molar-refractivity contribution in [2.45, 2.75) is 6.92 Å². The number of nitro benzene ring substituents is 1. The van der Waals surface area contributed by atoms with E-state index >= 15 is 0 Å². The lowest BCUT2D eigenvalue weighted by molar-refractivity contribution is -0.386. The minimum absolute atomic E-state index is 0.0990. The van der Waals surface area contributed by atoms with Gasteiger partial charge < -0.3 is 14.8 Å². The normalized spacial score (nSPS) is 10.8. The first kappa shape index (κ1) is 18.4. The van der Waals surface area contributed by atoms with Crippen LogP contribution in [0.15, 0.2) is 21.7 Å².